The Bertz CT molecular complexity index is 821. The number of likely N-dealkylation sites (N-methyl/N-ethyl adjacent to an activating group) is 1. The van der Waals surface area contributed by atoms with Crippen LogP contribution in [-0.2, 0) is 0 Å². The third kappa shape index (κ3) is 5.92. The summed E-state index contributed by atoms with van der Waals surface area (Å²) in [4.78, 5) is 20.4. The second-order valence-electron chi connectivity index (χ2n) is 5.44. The van der Waals surface area contributed by atoms with Gasteiger partial charge in [0.05, 0.1) is 18.9 Å². The first-order chi connectivity index (χ1) is 13.1. The van der Waals surface area contributed by atoms with Crippen molar-refractivity contribution < 1.29 is 32.2 Å². The molecule has 0 radical (unpaired) electrons. The van der Waals surface area contributed by atoms with Gasteiger partial charge in [0.1, 0.15) is 0 Å². The van der Waals surface area contributed by atoms with Crippen LogP contribution < -0.4 is 10.1 Å². The summed E-state index contributed by atoms with van der Waals surface area (Å²) >= 11 is 5.64. The molecule has 7 nitrogen and oxygen atoms in total. The van der Waals surface area contributed by atoms with E-state index >= 15 is 0 Å². The van der Waals surface area contributed by atoms with Gasteiger partial charge in [0.15, 0.2) is 23.5 Å². The van der Waals surface area contributed by atoms with Gasteiger partial charge in [-0.1, -0.05) is 11.6 Å². The highest BCUT2D eigenvalue weighted by Crippen LogP contribution is 2.25. The lowest BCUT2D eigenvalue weighted by atomic mass is 10.3. The van der Waals surface area contributed by atoms with E-state index in [2.05, 4.69) is 15.3 Å². The molecule has 12 heteroatoms. The van der Waals surface area contributed by atoms with E-state index in [-0.39, 0.29) is 29.0 Å². The molecule has 0 saturated heterocycles. The Hall–Kier alpha value is -2.66. The summed E-state index contributed by atoms with van der Waals surface area (Å²) in [5.41, 5.74) is 0. The van der Waals surface area contributed by atoms with E-state index in [9.17, 15) is 22.4 Å². The van der Waals surface area contributed by atoms with Gasteiger partial charge in [-0.25, -0.2) is 19.2 Å². The van der Waals surface area contributed by atoms with Crippen molar-refractivity contribution in [3.05, 3.63) is 41.4 Å². The number of carbonyl (C=O) groups is 1. The Morgan fingerprint density at radius 2 is 2.07 bits per heavy atom. The van der Waals surface area contributed by atoms with Crippen molar-refractivity contribution in [2.24, 2.45) is 0 Å². The van der Waals surface area contributed by atoms with E-state index in [1.807, 2.05) is 0 Å². The summed E-state index contributed by atoms with van der Waals surface area (Å²) in [6.07, 6.45) is -5.35. The number of aromatic nitrogens is 2. The molecule has 1 aromatic carbocycles. The maximum absolute atomic E-state index is 13.7. The van der Waals surface area contributed by atoms with Gasteiger partial charge in [0, 0.05) is 11.6 Å². The number of benzene rings is 1. The molecule has 2 rings (SSSR count). The standard InChI is InChI=1S/C16H15ClF4N4O3/c1-2-25(8-12(26)16(19,20)21)15(27)24-13-6-23-14(7-22-13)28-11-4-3-9(17)5-10(11)18/h3-7,12,26H,2,8H2,1H3,(H,22,24,27)/t12-/m1/s1. The maximum Gasteiger partial charge on any atom is 0.416 e. The van der Waals surface area contributed by atoms with Crippen molar-refractivity contribution in [2.75, 3.05) is 18.4 Å². The van der Waals surface area contributed by atoms with Crippen LogP contribution in [0.1, 0.15) is 6.92 Å². The van der Waals surface area contributed by atoms with Gasteiger partial charge in [0.25, 0.3) is 0 Å². The van der Waals surface area contributed by atoms with Crippen LogP contribution in [0.2, 0.25) is 5.02 Å². The minimum absolute atomic E-state index is 0.0751. The highest BCUT2D eigenvalue weighted by atomic mass is 35.5. The van der Waals surface area contributed by atoms with Crippen molar-refractivity contribution in [3.8, 4) is 11.6 Å². The SMILES string of the molecule is CCN(C[C@@H](O)C(F)(F)F)C(=O)Nc1cnc(Oc2ccc(Cl)cc2F)cn1. The Morgan fingerprint density at radius 1 is 1.36 bits per heavy atom. The first-order valence-corrected chi connectivity index (χ1v) is 8.23. The number of halogens is 5. The number of hydrogen-bond acceptors (Lipinski definition) is 5. The number of aliphatic hydroxyl groups excluding tert-OH is 1. The van der Waals surface area contributed by atoms with Crippen LogP contribution in [0.4, 0.5) is 28.2 Å². The van der Waals surface area contributed by atoms with E-state index in [0.717, 1.165) is 23.4 Å². The Kier molecular flexibility index (Phi) is 6.97. The van der Waals surface area contributed by atoms with Gasteiger partial charge in [-0.3, -0.25) is 5.32 Å². The van der Waals surface area contributed by atoms with Crippen molar-refractivity contribution in [1.29, 1.82) is 0 Å². The van der Waals surface area contributed by atoms with Gasteiger partial charge in [-0.05, 0) is 25.1 Å². The van der Waals surface area contributed by atoms with Crippen LogP contribution in [0.5, 0.6) is 11.6 Å². The van der Waals surface area contributed by atoms with Crippen LogP contribution >= 0.6 is 11.6 Å². The van der Waals surface area contributed by atoms with Crippen LogP contribution in [-0.4, -0.2) is 51.4 Å². The number of alkyl halides is 3. The quantitative estimate of drug-likeness (QED) is 0.691. The predicted molar refractivity (Wildman–Crippen MR) is 91.8 cm³/mol. The molecule has 2 aromatic rings. The van der Waals surface area contributed by atoms with E-state index in [0.29, 0.717) is 0 Å². The molecular formula is C16H15ClF4N4O3. The number of urea groups is 1. The van der Waals surface area contributed by atoms with Crippen molar-refractivity contribution in [2.45, 2.75) is 19.2 Å². The number of anilines is 1. The number of rotatable bonds is 6. The number of aliphatic hydroxyl groups is 1. The highest BCUT2D eigenvalue weighted by Gasteiger charge is 2.39. The molecule has 2 amide bonds. The van der Waals surface area contributed by atoms with Crippen LogP contribution in [0.15, 0.2) is 30.6 Å². The molecule has 0 fully saturated rings. The van der Waals surface area contributed by atoms with Crippen molar-refractivity contribution >= 4 is 23.4 Å². The molecule has 1 heterocycles. The maximum atomic E-state index is 13.7. The molecule has 0 aliphatic rings. The molecule has 2 N–H and O–H groups in total. The van der Waals surface area contributed by atoms with E-state index in [1.54, 1.807) is 0 Å². The van der Waals surface area contributed by atoms with Gasteiger partial charge in [0.2, 0.25) is 5.88 Å². The van der Waals surface area contributed by atoms with Gasteiger partial charge in [-0.2, -0.15) is 13.2 Å². The summed E-state index contributed by atoms with van der Waals surface area (Å²) in [6, 6.07) is 2.85. The van der Waals surface area contributed by atoms with Gasteiger partial charge >= 0.3 is 12.2 Å². The Morgan fingerprint density at radius 3 is 2.61 bits per heavy atom. The number of amides is 2. The molecule has 0 aliphatic carbocycles. The number of nitrogens with one attached hydrogen (secondary N) is 1. The number of carbonyl (C=O) groups excluding carboxylic acids is 1. The monoisotopic (exact) mass is 422 g/mol. The normalized spacial score (nSPS) is 12.4. The lowest BCUT2D eigenvalue weighted by molar-refractivity contribution is -0.206. The summed E-state index contributed by atoms with van der Waals surface area (Å²) in [7, 11) is 0. The Labute approximate surface area is 161 Å². The summed E-state index contributed by atoms with van der Waals surface area (Å²) < 4.78 is 56.2. The average Bonchev–Trinajstić information content (AvgIpc) is 2.62. The largest absolute Gasteiger partial charge is 0.434 e. The molecular weight excluding hydrogens is 408 g/mol. The second kappa shape index (κ2) is 9.02. The zero-order chi connectivity index (χ0) is 20.9. The van der Waals surface area contributed by atoms with Crippen LogP contribution in [0.3, 0.4) is 0 Å². The number of nitrogens with zero attached hydrogens (tertiary/aromatic N) is 3. The third-order valence-corrected chi connectivity index (χ3v) is 3.65. The molecule has 0 aliphatic heterocycles. The van der Waals surface area contributed by atoms with Crippen LogP contribution in [0, 0.1) is 5.82 Å². The summed E-state index contributed by atoms with van der Waals surface area (Å²) in [6.45, 7) is 0.436. The zero-order valence-corrected chi connectivity index (χ0v) is 15.1. The lowest BCUT2D eigenvalue weighted by Gasteiger charge is -2.25. The minimum Gasteiger partial charge on any atom is -0.434 e. The van der Waals surface area contributed by atoms with Gasteiger partial charge < -0.3 is 14.7 Å². The summed E-state index contributed by atoms with van der Waals surface area (Å²) in [5.74, 6) is -1.02. The molecule has 0 bridgehead atoms. The van der Waals surface area contributed by atoms with Crippen LogP contribution in [0.25, 0.3) is 0 Å². The molecule has 152 valence electrons. The van der Waals surface area contributed by atoms with E-state index in [4.69, 9.17) is 21.4 Å². The fraction of sp³-hybridized carbons (Fsp3) is 0.312. The number of ether oxygens (including phenoxy) is 1. The first kappa shape index (κ1) is 21.6. The second-order valence-corrected chi connectivity index (χ2v) is 5.88. The number of hydrogen-bond donors (Lipinski definition) is 2. The average molecular weight is 423 g/mol. The Balaban J connectivity index is 1.99. The highest BCUT2D eigenvalue weighted by molar-refractivity contribution is 6.30. The first-order valence-electron chi connectivity index (χ1n) is 7.85. The lowest BCUT2D eigenvalue weighted by Crippen LogP contribution is -2.45. The fourth-order valence-electron chi connectivity index (χ4n) is 1.96. The summed E-state index contributed by atoms with van der Waals surface area (Å²) in [5, 5.41) is 11.5. The molecule has 1 aromatic heterocycles. The zero-order valence-electron chi connectivity index (χ0n) is 14.4. The molecule has 28 heavy (non-hydrogen) atoms. The van der Waals surface area contributed by atoms with Crippen molar-refractivity contribution in [1.82, 2.24) is 14.9 Å². The molecule has 1 atom stereocenters. The smallest absolute Gasteiger partial charge is 0.416 e. The topological polar surface area (TPSA) is 87.6 Å². The predicted octanol–water partition coefficient (Wildman–Crippen LogP) is 3.84. The molecule has 0 spiro atoms. The fourth-order valence-corrected chi connectivity index (χ4v) is 2.12. The third-order valence-electron chi connectivity index (χ3n) is 3.41. The van der Waals surface area contributed by atoms with E-state index < -0.39 is 30.7 Å². The molecule has 0 saturated carbocycles. The van der Waals surface area contributed by atoms with Gasteiger partial charge in [-0.15, -0.1) is 0 Å². The minimum atomic E-state index is -4.84. The molecule has 0 unspecified atom stereocenters. The van der Waals surface area contributed by atoms with E-state index in [1.165, 1.54) is 19.1 Å². The van der Waals surface area contributed by atoms with Crippen molar-refractivity contribution in [3.63, 3.8) is 0 Å².